The summed E-state index contributed by atoms with van der Waals surface area (Å²) in [5.41, 5.74) is 8.17. The minimum atomic E-state index is -0.582. The van der Waals surface area contributed by atoms with Gasteiger partial charge in [0.2, 0.25) is 17.7 Å². The van der Waals surface area contributed by atoms with Crippen molar-refractivity contribution >= 4 is 17.7 Å². The van der Waals surface area contributed by atoms with Crippen molar-refractivity contribution in [3.63, 3.8) is 0 Å². The summed E-state index contributed by atoms with van der Waals surface area (Å²) >= 11 is 0. The van der Waals surface area contributed by atoms with Crippen molar-refractivity contribution in [1.82, 2.24) is 20.1 Å². The number of carbonyl (C=O) groups is 3. The number of aliphatic hydroxyl groups is 1. The smallest absolute Gasteiger partial charge is 0.248 e. The molecule has 1 heterocycles. The lowest BCUT2D eigenvalue weighted by Gasteiger charge is -2.34. The van der Waals surface area contributed by atoms with Gasteiger partial charge in [-0.3, -0.25) is 14.4 Å². The van der Waals surface area contributed by atoms with Gasteiger partial charge < -0.3 is 30.9 Å². The first-order chi connectivity index (χ1) is 21.2. The second-order valence-corrected chi connectivity index (χ2v) is 11.5. The van der Waals surface area contributed by atoms with E-state index in [1.807, 2.05) is 75.6 Å². The molecule has 246 valence electrons. The van der Waals surface area contributed by atoms with Crippen LogP contribution in [0.15, 0.2) is 60.8 Å². The summed E-state index contributed by atoms with van der Waals surface area (Å²) in [4.78, 5) is 36.6. The van der Waals surface area contributed by atoms with Gasteiger partial charge in [-0.2, -0.15) is 0 Å². The van der Waals surface area contributed by atoms with Crippen molar-refractivity contribution < 1.29 is 28.3 Å². The van der Waals surface area contributed by atoms with E-state index in [2.05, 4.69) is 10.6 Å². The van der Waals surface area contributed by atoms with E-state index in [1.165, 1.54) is 13.1 Å². The number of amides is 3. The lowest BCUT2D eigenvalue weighted by Crippen LogP contribution is -2.51. The van der Waals surface area contributed by atoms with Crippen LogP contribution in [-0.4, -0.2) is 64.6 Å². The Morgan fingerprint density at radius 1 is 0.956 bits per heavy atom. The van der Waals surface area contributed by atoms with Crippen LogP contribution in [-0.2, 0) is 20.9 Å². The fraction of sp³-hybridized carbons (Fsp3) is 0.441. The van der Waals surface area contributed by atoms with Crippen molar-refractivity contribution in [1.29, 1.82) is 0 Å². The number of nitrogens with zero attached hydrogens (tertiary/aromatic N) is 2. The van der Waals surface area contributed by atoms with E-state index in [9.17, 15) is 28.3 Å². The van der Waals surface area contributed by atoms with Crippen LogP contribution in [0.3, 0.4) is 0 Å². The molecule has 0 saturated heterocycles. The summed E-state index contributed by atoms with van der Waals surface area (Å²) in [5, 5.41) is 14.5. The summed E-state index contributed by atoms with van der Waals surface area (Å²) in [5.74, 6) is -1.82. The Morgan fingerprint density at radius 2 is 1.60 bits per heavy atom. The molecule has 3 atom stereocenters. The average molecular weight is 628 g/mol. The van der Waals surface area contributed by atoms with E-state index in [-0.39, 0.29) is 41.2 Å². The maximum atomic E-state index is 14.5. The zero-order chi connectivity index (χ0) is 33.8. The Bertz CT molecular complexity index is 1410. The fourth-order valence-corrected chi connectivity index (χ4v) is 4.93. The first kappa shape index (κ1) is 37.1. The molecule has 3 amide bonds. The van der Waals surface area contributed by atoms with Crippen LogP contribution in [0, 0.1) is 23.5 Å². The zero-order valence-corrected chi connectivity index (χ0v) is 27.2. The standard InChI is InChI=1S/C25H28F2N2O2.C9H19N3O2/c1-4-29(24(31)16-30)25(17(2)3)23-12-19(21-13-20(26)10-11-22(21)27)15-28(23)14-18-8-6-5-7-9-18;1-5(2)7(10)9(14)12-6(3)8(13)11-4/h5-13,15,17,25,30H,4,14,16H2,1-3H3;5-7H,10H2,1-4H3,(H,11,13)(H,12,14)/t25-;6?,7-/m10/s1. The second-order valence-electron chi connectivity index (χ2n) is 11.5. The van der Waals surface area contributed by atoms with Gasteiger partial charge in [0.15, 0.2) is 0 Å². The molecule has 2 aromatic carbocycles. The number of carbonyl (C=O) groups excluding carboxylic acids is 3. The lowest BCUT2D eigenvalue weighted by atomic mass is 9.97. The van der Waals surface area contributed by atoms with Crippen molar-refractivity contribution in [3.8, 4) is 11.1 Å². The molecular weight excluding hydrogens is 580 g/mol. The van der Waals surface area contributed by atoms with Crippen molar-refractivity contribution in [3.05, 3.63) is 83.7 Å². The molecule has 1 aromatic heterocycles. The first-order valence-electron chi connectivity index (χ1n) is 15.1. The molecule has 0 aliphatic rings. The minimum Gasteiger partial charge on any atom is -0.387 e. The predicted molar refractivity (Wildman–Crippen MR) is 172 cm³/mol. The van der Waals surface area contributed by atoms with Gasteiger partial charge in [0, 0.05) is 43.2 Å². The van der Waals surface area contributed by atoms with E-state index in [0.29, 0.717) is 18.7 Å². The maximum absolute atomic E-state index is 14.5. The number of rotatable bonds is 12. The highest BCUT2D eigenvalue weighted by Gasteiger charge is 2.30. The molecule has 0 aliphatic carbocycles. The Kier molecular flexibility index (Phi) is 14.4. The predicted octanol–water partition coefficient (Wildman–Crippen LogP) is 4.24. The largest absolute Gasteiger partial charge is 0.387 e. The molecule has 0 aliphatic heterocycles. The van der Waals surface area contributed by atoms with E-state index in [4.69, 9.17) is 5.73 Å². The normalized spacial score (nSPS) is 13.0. The van der Waals surface area contributed by atoms with Gasteiger partial charge in [-0.15, -0.1) is 0 Å². The van der Waals surface area contributed by atoms with Crippen LogP contribution in [0.4, 0.5) is 8.78 Å². The van der Waals surface area contributed by atoms with Crippen LogP contribution < -0.4 is 16.4 Å². The van der Waals surface area contributed by atoms with Gasteiger partial charge in [-0.05, 0) is 55.5 Å². The van der Waals surface area contributed by atoms with Crippen LogP contribution in [0.5, 0.6) is 0 Å². The molecule has 1 unspecified atom stereocenters. The molecular formula is C34H47F2N5O4. The quantitative estimate of drug-likeness (QED) is 0.239. The third-order valence-electron chi connectivity index (χ3n) is 7.45. The number of nitrogens with one attached hydrogen (secondary N) is 2. The maximum Gasteiger partial charge on any atom is 0.248 e. The number of aliphatic hydroxyl groups excluding tert-OH is 1. The Labute approximate surface area is 264 Å². The lowest BCUT2D eigenvalue weighted by molar-refractivity contribution is -0.137. The third-order valence-corrected chi connectivity index (χ3v) is 7.45. The topological polar surface area (TPSA) is 130 Å². The molecule has 3 aromatic rings. The van der Waals surface area contributed by atoms with Crippen LogP contribution in [0.2, 0.25) is 0 Å². The van der Waals surface area contributed by atoms with Gasteiger partial charge in [0.05, 0.1) is 12.1 Å². The van der Waals surface area contributed by atoms with Crippen molar-refractivity contribution in [2.45, 2.75) is 66.2 Å². The van der Waals surface area contributed by atoms with Gasteiger partial charge in [0.1, 0.15) is 24.3 Å². The molecule has 0 radical (unpaired) electrons. The van der Waals surface area contributed by atoms with E-state index < -0.39 is 30.3 Å². The number of benzene rings is 2. The number of likely N-dealkylation sites (N-methyl/N-ethyl adjacent to an activating group) is 2. The summed E-state index contributed by atoms with van der Waals surface area (Å²) < 4.78 is 30.4. The van der Waals surface area contributed by atoms with Gasteiger partial charge in [0.25, 0.3) is 0 Å². The Morgan fingerprint density at radius 3 is 2.13 bits per heavy atom. The van der Waals surface area contributed by atoms with Crippen molar-refractivity contribution in [2.24, 2.45) is 17.6 Å². The third kappa shape index (κ3) is 10.2. The summed E-state index contributed by atoms with van der Waals surface area (Å²) in [6.07, 6.45) is 1.80. The zero-order valence-electron chi connectivity index (χ0n) is 27.2. The molecule has 0 bridgehead atoms. The van der Waals surface area contributed by atoms with Gasteiger partial charge in [-0.25, -0.2) is 8.78 Å². The van der Waals surface area contributed by atoms with Crippen LogP contribution >= 0.6 is 0 Å². The molecule has 0 spiro atoms. The van der Waals surface area contributed by atoms with Crippen LogP contribution in [0.25, 0.3) is 11.1 Å². The molecule has 5 N–H and O–H groups in total. The molecule has 45 heavy (non-hydrogen) atoms. The highest BCUT2D eigenvalue weighted by Crippen LogP contribution is 2.35. The number of aromatic nitrogens is 1. The second kappa shape index (κ2) is 17.4. The molecule has 0 fully saturated rings. The Hall–Kier alpha value is -4.09. The fourth-order valence-electron chi connectivity index (χ4n) is 4.93. The Balaban J connectivity index is 0.000000426. The van der Waals surface area contributed by atoms with Gasteiger partial charge >= 0.3 is 0 Å². The van der Waals surface area contributed by atoms with E-state index in [1.54, 1.807) is 18.0 Å². The average Bonchev–Trinajstić information content (AvgIpc) is 3.42. The summed E-state index contributed by atoms with van der Waals surface area (Å²) in [7, 11) is 1.52. The SMILES string of the molecule is CCN(C(=O)CO)[C@@H](c1cc(-c2cc(F)ccc2F)cn1Cc1ccccc1)C(C)C.CNC(=O)C(C)NC(=O)[C@@H](N)C(C)C. The summed E-state index contributed by atoms with van der Waals surface area (Å²) in [6, 6.07) is 13.6. The number of nitrogens with two attached hydrogens (primary N) is 1. The molecule has 9 nitrogen and oxygen atoms in total. The highest BCUT2D eigenvalue weighted by molar-refractivity contribution is 5.89. The van der Waals surface area contributed by atoms with Gasteiger partial charge in [-0.1, -0.05) is 58.0 Å². The molecule has 11 heteroatoms. The van der Waals surface area contributed by atoms with E-state index in [0.717, 1.165) is 23.4 Å². The summed E-state index contributed by atoms with van der Waals surface area (Å²) in [6.45, 7) is 11.5. The number of hydrogen-bond donors (Lipinski definition) is 4. The van der Waals surface area contributed by atoms with Crippen molar-refractivity contribution in [2.75, 3.05) is 20.2 Å². The molecule has 3 rings (SSSR count). The monoisotopic (exact) mass is 627 g/mol. The number of hydrogen-bond acceptors (Lipinski definition) is 5. The highest BCUT2D eigenvalue weighted by atomic mass is 19.1. The first-order valence-corrected chi connectivity index (χ1v) is 15.1. The number of halogens is 2. The van der Waals surface area contributed by atoms with Crippen LogP contribution in [0.1, 0.15) is 58.8 Å². The molecule has 0 saturated carbocycles. The minimum absolute atomic E-state index is 0.0325. The van der Waals surface area contributed by atoms with E-state index >= 15 is 0 Å².